The standard InChI is InChI=1S/C18H27N5O2/c1-4-19-17(20-9-10-23-16(24)12-22-18(23)25)21-11-14(3)15-7-5-13(2)6-8-15/h5-8,14H,4,9-12H2,1-3H3,(H,22,25)(H2,19,20,21). The zero-order valence-electron chi connectivity index (χ0n) is 15.1. The fraction of sp³-hybridized carbons (Fsp3) is 0.500. The fourth-order valence-corrected chi connectivity index (χ4v) is 2.54. The maximum Gasteiger partial charge on any atom is 0.324 e. The molecule has 1 aliphatic heterocycles. The molecule has 0 bridgehead atoms. The molecule has 0 aliphatic carbocycles. The lowest BCUT2D eigenvalue weighted by molar-refractivity contribution is -0.124. The average molecular weight is 345 g/mol. The van der Waals surface area contributed by atoms with Crippen LogP contribution in [-0.2, 0) is 4.79 Å². The molecule has 7 heteroatoms. The quantitative estimate of drug-likeness (QED) is 0.394. The number of hydrogen-bond donors (Lipinski definition) is 3. The van der Waals surface area contributed by atoms with E-state index in [0.29, 0.717) is 31.5 Å². The van der Waals surface area contributed by atoms with Gasteiger partial charge in [0.2, 0.25) is 5.91 Å². The van der Waals surface area contributed by atoms with Crippen LogP contribution in [0.5, 0.6) is 0 Å². The number of hydrogen-bond acceptors (Lipinski definition) is 3. The molecular weight excluding hydrogens is 318 g/mol. The molecule has 1 heterocycles. The Balaban J connectivity index is 1.86. The van der Waals surface area contributed by atoms with Crippen molar-refractivity contribution >= 4 is 17.9 Å². The lowest BCUT2D eigenvalue weighted by Gasteiger charge is -2.16. The number of rotatable bonds is 7. The van der Waals surface area contributed by atoms with Crippen LogP contribution in [0, 0.1) is 6.92 Å². The van der Waals surface area contributed by atoms with Gasteiger partial charge in [-0.05, 0) is 19.4 Å². The number of nitrogens with one attached hydrogen (secondary N) is 3. The molecule has 1 saturated heterocycles. The number of amides is 3. The highest BCUT2D eigenvalue weighted by Gasteiger charge is 2.27. The van der Waals surface area contributed by atoms with Crippen molar-refractivity contribution in [1.29, 1.82) is 0 Å². The minimum absolute atomic E-state index is 0.0844. The van der Waals surface area contributed by atoms with Crippen LogP contribution >= 0.6 is 0 Å². The molecular formula is C18H27N5O2. The summed E-state index contributed by atoms with van der Waals surface area (Å²) in [4.78, 5) is 28.9. The Morgan fingerprint density at radius 2 is 2.00 bits per heavy atom. The zero-order chi connectivity index (χ0) is 18.2. The first kappa shape index (κ1) is 18.8. The first-order valence-electron chi connectivity index (χ1n) is 8.68. The van der Waals surface area contributed by atoms with Crippen LogP contribution in [0.25, 0.3) is 0 Å². The van der Waals surface area contributed by atoms with E-state index >= 15 is 0 Å². The molecule has 1 aliphatic rings. The van der Waals surface area contributed by atoms with Gasteiger partial charge in [-0.15, -0.1) is 0 Å². The number of aryl methyl sites for hydroxylation is 1. The number of nitrogens with zero attached hydrogens (tertiary/aromatic N) is 2. The first-order valence-corrected chi connectivity index (χ1v) is 8.68. The van der Waals surface area contributed by atoms with E-state index in [-0.39, 0.29) is 18.5 Å². The summed E-state index contributed by atoms with van der Waals surface area (Å²) in [6.07, 6.45) is 0. The Kier molecular flexibility index (Phi) is 6.80. The summed E-state index contributed by atoms with van der Waals surface area (Å²) in [5, 5.41) is 8.86. The van der Waals surface area contributed by atoms with Gasteiger partial charge in [-0.25, -0.2) is 4.79 Å². The van der Waals surface area contributed by atoms with Gasteiger partial charge in [0.25, 0.3) is 0 Å². The number of carbonyl (C=O) groups excluding carboxylic acids is 2. The normalized spacial score (nSPS) is 16.0. The molecule has 1 aromatic rings. The third-order valence-corrected chi connectivity index (χ3v) is 4.08. The van der Waals surface area contributed by atoms with Crippen LogP contribution in [0.1, 0.15) is 30.9 Å². The van der Waals surface area contributed by atoms with E-state index < -0.39 is 0 Å². The molecule has 3 amide bonds. The Hall–Kier alpha value is -2.57. The molecule has 1 atom stereocenters. The van der Waals surface area contributed by atoms with E-state index in [0.717, 1.165) is 6.54 Å². The summed E-state index contributed by atoms with van der Waals surface area (Å²) in [6, 6.07) is 8.15. The lowest BCUT2D eigenvalue weighted by Crippen LogP contribution is -2.43. The minimum atomic E-state index is -0.332. The smallest absolute Gasteiger partial charge is 0.324 e. The van der Waals surface area contributed by atoms with Gasteiger partial charge in [0.1, 0.15) is 0 Å². The van der Waals surface area contributed by atoms with Crippen LogP contribution in [-0.4, -0.2) is 55.5 Å². The highest BCUT2D eigenvalue weighted by Crippen LogP contribution is 2.15. The van der Waals surface area contributed by atoms with Crippen molar-refractivity contribution in [2.24, 2.45) is 4.99 Å². The van der Waals surface area contributed by atoms with E-state index in [1.807, 2.05) is 6.92 Å². The lowest BCUT2D eigenvalue weighted by atomic mass is 10.0. The summed E-state index contributed by atoms with van der Waals surface area (Å²) in [7, 11) is 0. The van der Waals surface area contributed by atoms with Crippen LogP contribution in [0.2, 0.25) is 0 Å². The summed E-state index contributed by atoms with van der Waals surface area (Å²) in [5.41, 5.74) is 2.50. The van der Waals surface area contributed by atoms with Crippen LogP contribution in [0.3, 0.4) is 0 Å². The Labute approximate surface area is 148 Å². The summed E-state index contributed by atoms with van der Waals surface area (Å²) in [5.74, 6) is 0.803. The highest BCUT2D eigenvalue weighted by atomic mass is 16.2. The molecule has 0 saturated carbocycles. The average Bonchev–Trinajstić information content (AvgIpc) is 2.92. The van der Waals surface area contributed by atoms with E-state index in [1.165, 1.54) is 16.0 Å². The van der Waals surface area contributed by atoms with Crippen LogP contribution < -0.4 is 16.0 Å². The molecule has 0 radical (unpaired) electrons. The first-order chi connectivity index (χ1) is 12.0. The van der Waals surface area contributed by atoms with Crippen molar-refractivity contribution in [2.45, 2.75) is 26.7 Å². The van der Waals surface area contributed by atoms with Crippen LogP contribution in [0.4, 0.5) is 4.79 Å². The second-order valence-corrected chi connectivity index (χ2v) is 6.16. The Bertz CT molecular complexity index is 611. The molecule has 3 N–H and O–H groups in total. The highest BCUT2D eigenvalue weighted by molar-refractivity contribution is 6.01. The second kappa shape index (κ2) is 9.05. The van der Waals surface area contributed by atoms with E-state index in [4.69, 9.17) is 0 Å². The van der Waals surface area contributed by atoms with E-state index in [2.05, 4.69) is 59.1 Å². The van der Waals surface area contributed by atoms with Gasteiger partial charge in [0.05, 0.1) is 6.54 Å². The summed E-state index contributed by atoms with van der Waals surface area (Å²) >= 11 is 0. The number of benzene rings is 1. The predicted molar refractivity (Wildman–Crippen MR) is 98.7 cm³/mol. The molecule has 25 heavy (non-hydrogen) atoms. The third-order valence-electron chi connectivity index (χ3n) is 4.08. The number of imide groups is 1. The van der Waals surface area contributed by atoms with Crippen molar-refractivity contribution in [2.75, 3.05) is 32.7 Å². The van der Waals surface area contributed by atoms with Crippen molar-refractivity contribution in [3.05, 3.63) is 35.4 Å². The molecule has 7 nitrogen and oxygen atoms in total. The largest absolute Gasteiger partial charge is 0.357 e. The van der Waals surface area contributed by atoms with E-state index in [9.17, 15) is 9.59 Å². The van der Waals surface area contributed by atoms with Crippen molar-refractivity contribution in [3.63, 3.8) is 0 Å². The van der Waals surface area contributed by atoms with Gasteiger partial charge in [-0.1, -0.05) is 36.8 Å². The monoisotopic (exact) mass is 345 g/mol. The minimum Gasteiger partial charge on any atom is -0.357 e. The number of aliphatic imine (C=N–C) groups is 1. The van der Waals surface area contributed by atoms with Crippen molar-refractivity contribution in [1.82, 2.24) is 20.9 Å². The SMILES string of the molecule is CCNC(=NCC(C)c1ccc(C)cc1)NCCN1C(=O)CNC1=O. The summed E-state index contributed by atoms with van der Waals surface area (Å²) in [6.45, 7) is 8.48. The summed E-state index contributed by atoms with van der Waals surface area (Å²) < 4.78 is 0. The third kappa shape index (κ3) is 5.48. The zero-order valence-corrected chi connectivity index (χ0v) is 15.1. The molecule has 0 aromatic heterocycles. The molecule has 1 unspecified atom stereocenters. The molecule has 136 valence electrons. The molecule has 0 spiro atoms. The van der Waals surface area contributed by atoms with Gasteiger partial charge in [-0.3, -0.25) is 14.7 Å². The topological polar surface area (TPSA) is 85.8 Å². The van der Waals surface area contributed by atoms with Gasteiger partial charge >= 0.3 is 6.03 Å². The van der Waals surface area contributed by atoms with Crippen LogP contribution in [0.15, 0.2) is 29.3 Å². The predicted octanol–water partition coefficient (Wildman–Crippen LogP) is 1.21. The molecule has 1 aromatic carbocycles. The number of guanidine groups is 1. The second-order valence-electron chi connectivity index (χ2n) is 6.16. The van der Waals surface area contributed by atoms with Crippen molar-refractivity contribution in [3.8, 4) is 0 Å². The maximum atomic E-state index is 11.6. The van der Waals surface area contributed by atoms with Gasteiger partial charge in [-0.2, -0.15) is 0 Å². The molecule has 1 fully saturated rings. The molecule has 2 rings (SSSR count). The van der Waals surface area contributed by atoms with Gasteiger partial charge < -0.3 is 16.0 Å². The Morgan fingerprint density at radius 3 is 2.60 bits per heavy atom. The van der Waals surface area contributed by atoms with E-state index in [1.54, 1.807) is 0 Å². The van der Waals surface area contributed by atoms with Gasteiger partial charge in [0.15, 0.2) is 5.96 Å². The number of carbonyl (C=O) groups is 2. The van der Waals surface area contributed by atoms with Crippen molar-refractivity contribution < 1.29 is 9.59 Å². The van der Waals surface area contributed by atoms with Gasteiger partial charge in [0, 0.05) is 32.1 Å². The fourth-order valence-electron chi connectivity index (χ4n) is 2.54. The maximum absolute atomic E-state index is 11.6. The number of urea groups is 1. The Morgan fingerprint density at radius 1 is 1.28 bits per heavy atom.